The van der Waals surface area contributed by atoms with E-state index in [2.05, 4.69) is 10.5 Å². The lowest BCUT2D eigenvalue weighted by Crippen LogP contribution is -2.16. The number of nitrogens with zero attached hydrogens (tertiary/aromatic N) is 1. The highest BCUT2D eigenvalue weighted by Crippen LogP contribution is 2.22. The van der Waals surface area contributed by atoms with Crippen molar-refractivity contribution in [3.05, 3.63) is 70.7 Å². The second kappa shape index (κ2) is 5.99. The van der Waals surface area contributed by atoms with E-state index >= 15 is 0 Å². The van der Waals surface area contributed by atoms with E-state index in [9.17, 15) is 9.18 Å². The zero-order valence-electron chi connectivity index (χ0n) is 11.2. The van der Waals surface area contributed by atoms with Crippen LogP contribution >= 0.6 is 11.6 Å². The van der Waals surface area contributed by atoms with Crippen LogP contribution in [-0.2, 0) is 0 Å². The predicted molar refractivity (Wildman–Crippen MR) is 82.7 cm³/mol. The number of fused-ring (bicyclic) bond motifs is 1. The van der Waals surface area contributed by atoms with E-state index in [1.54, 1.807) is 42.5 Å². The first-order chi connectivity index (χ1) is 10.6. The Morgan fingerprint density at radius 1 is 1.23 bits per heavy atom. The maximum atomic E-state index is 13.4. The monoisotopic (exact) mass is 316 g/mol. The lowest BCUT2D eigenvalue weighted by atomic mass is 10.2. The minimum Gasteiger partial charge on any atom is -0.451 e. The number of benzene rings is 2. The number of rotatable bonds is 3. The van der Waals surface area contributed by atoms with Gasteiger partial charge < -0.3 is 4.42 Å². The van der Waals surface area contributed by atoms with Crippen LogP contribution in [0.3, 0.4) is 0 Å². The number of hydrogen-bond donors (Lipinski definition) is 1. The van der Waals surface area contributed by atoms with Gasteiger partial charge in [-0.25, -0.2) is 9.82 Å². The number of nitrogens with one attached hydrogen (secondary N) is 1. The third-order valence-corrected chi connectivity index (χ3v) is 3.21. The Balaban J connectivity index is 1.75. The average Bonchev–Trinajstić information content (AvgIpc) is 2.92. The number of furan rings is 1. The van der Waals surface area contributed by atoms with E-state index < -0.39 is 11.7 Å². The summed E-state index contributed by atoms with van der Waals surface area (Å²) in [6.45, 7) is 0. The molecule has 1 aromatic heterocycles. The second-order valence-corrected chi connectivity index (χ2v) is 4.95. The molecule has 2 aromatic carbocycles. The molecule has 0 bridgehead atoms. The number of hydrazone groups is 1. The zero-order chi connectivity index (χ0) is 15.5. The van der Waals surface area contributed by atoms with Gasteiger partial charge in [-0.05, 0) is 30.3 Å². The number of halogens is 2. The van der Waals surface area contributed by atoms with Gasteiger partial charge in [0.1, 0.15) is 11.4 Å². The van der Waals surface area contributed by atoms with E-state index in [4.69, 9.17) is 16.0 Å². The van der Waals surface area contributed by atoms with Gasteiger partial charge in [0, 0.05) is 16.0 Å². The van der Waals surface area contributed by atoms with Gasteiger partial charge in [0.15, 0.2) is 5.76 Å². The van der Waals surface area contributed by atoms with Gasteiger partial charge in [0.25, 0.3) is 0 Å². The van der Waals surface area contributed by atoms with E-state index in [0.717, 1.165) is 5.39 Å². The van der Waals surface area contributed by atoms with Crippen LogP contribution < -0.4 is 5.43 Å². The maximum Gasteiger partial charge on any atom is 0.307 e. The standard InChI is InChI=1S/C16H10ClFN2O2/c17-12-5-6-14-11(7-12)8-15(22-14)16(21)20-19-9-10-3-1-2-4-13(10)18/h1-9H,(H,20,21)/b19-9+. The summed E-state index contributed by atoms with van der Waals surface area (Å²) < 4.78 is 18.8. The Hall–Kier alpha value is -2.66. The van der Waals surface area contributed by atoms with Crippen LogP contribution in [0.5, 0.6) is 0 Å². The van der Waals surface area contributed by atoms with Crippen molar-refractivity contribution in [3.8, 4) is 0 Å². The van der Waals surface area contributed by atoms with Crippen LogP contribution in [-0.4, -0.2) is 12.1 Å². The average molecular weight is 317 g/mol. The highest BCUT2D eigenvalue weighted by molar-refractivity contribution is 6.31. The Bertz CT molecular complexity index is 873. The third kappa shape index (κ3) is 2.99. The molecule has 1 amide bonds. The van der Waals surface area contributed by atoms with Crippen LogP contribution in [0.1, 0.15) is 16.1 Å². The molecule has 0 radical (unpaired) electrons. The van der Waals surface area contributed by atoms with Gasteiger partial charge in [-0.3, -0.25) is 4.79 Å². The molecule has 1 heterocycles. The number of amides is 1. The Morgan fingerprint density at radius 2 is 2.05 bits per heavy atom. The first kappa shape index (κ1) is 14.3. The van der Waals surface area contributed by atoms with E-state index in [0.29, 0.717) is 10.6 Å². The third-order valence-electron chi connectivity index (χ3n) is 2.98. The fraction of sp³-hybridized carbons (Fsp3) is 0. The largest absolute Gasteiger partial charge is 0.451 e. The molecular weight excluding hydrogens is 307 g/mol. The SMILES string of the molecule is O=C(N/N=C/c1ccccc1F)c1cc2cc(Cl)ccc2o1. The molecule has 22 heavy (non-hydrogen) atoms. The van der Waals surface area contributed by atoms with Gasteiger partial charge in [-0.2, -0.15) is 5.10 Å². The molecule has 1 N–H and O–H groups in total. The van der Waals surface area contributed by atoms with E-state index in [-0.39, 0.29) is 11.3 Å². The summed E-state index contributed by atoms with van der Waals surface area (Å²) in [5, 5.41) is 4.99. The number of carbonyl (C=O) groups excluding carboxylic acids is 1. The molecule has 0 aliphatic rings. The molecule has 4 nitrogen and oxygen atoms in total. The molecule has 3 rings (SSSR count). The van der Waals surface area contributed by atoms with Crippen molar-refractivity contribution in [2.75, 3.05) is 0 Å². The van der Waals surface area contributed by atoms with Crippen LogP contribution in [0.4, 0.5) is 4.39 Å². The molecule has 6 heteroatoms. The molecule has 0 unspecified atom stereocenters. The molecule has 0 aliphatic heterocycles. The highest BCUT2D eigenvalue weighted by atomic mass is 35.5. The summed E-state index contributed by atoms with van der Waals surface area (Å²) >= 11 is 5.87. The van der Waals surface area contributed by atoms with Crippen molar-refractivity contribution in [3.63, 3.8) is 0 Å². The molecule has 0 fully saturated rings. The van der Waals surface area contributed by atoms with Gasteiger partial charge in [-0.1, -0.05) is 29.8 Å². The van der Waals surface area contributed by atoms with Crippen molar-refractivity contribution in [1.82, 2.24) is 5.43 Å². The Morgan fingerprint density at radius 3 is 2.86 bits per heavy atom. The normalized spacial score (nSPS) is 11.2. The summed E-state index contributed by atoms with van der Waals surface area (Å²) in [5.41, 5.74) is 3.11. The number of hydrogen-bond acceptors (Lipinski definition) is 3. The smallest absolute Gasteiger partial charge is 0.307 e. The van der Waals surface area contributed by atoms with E-state index in [1.165, 1.54) is 12.3 Å². The Labute approximate surface area is 130 Å². The summed E-state index contributed by atoms with van der Waals surface area (Å²) in [7, 11) is 0. The van der Waals surface area contributed by atoms with E-state index in [1.807, 2.05) is 0 Å². The van der Waals surface area contributed by atoms with Crippen molar-refractivity contribution in [2.45, 2.75) is 0 Å². The molecule has 3 aromatic rings. The van der Waals surface area contributed by atoms with Gasteiger partial charge in [0.2, 0.25) is 0 Å². The van der Waals surface area contributed by atoms with Crippen molar-refractivity contribution < 1.29 is 13.6 Å². The summed E-state index contributed by atoms with van der Waals surface area (Å²) in [6, 6.07) is 12.7. The quantitative estimate of drug-likeness (QED) is 0.587. The summed E-state index contributed by atoms with van der Waals surface area (Å²) in [6.07, 6.45) is 1.23. The molecular formula is C16H10ClFN2O2. The second-order valence-electron chi connectivity index (χ2n) is 4.51. The molecule has 0 atom stereocenters. The first-order valence-electron chi connectivity index (χ1n) is 6.40. The molecule has 0 saturated carbocycles. The lowest BCUT2D eigenvalue weighted by Gasteiger charge is -1.96. The van der Waals surface area contributed by atoms with Crippen LogP contribution in [0.25, 0.3) is 11.0 Å². The van der Waals surface area contributed by atoms with Crippen molar-refractivity contribution in [2.24, 2.45) is 5.10 Å². The van der Waals surface area contributed by atoms with Crippen LogP contribution in [0.2, 0.25) is 5.02 Å². The van der Waals surface area contributed by atoms with Crippen LogP contribution in [0.15, 0.2) is 58.0 Å². The van der Waals surface area contributed by atoms with Gasteiger partial charge in [-0.15, -0.1) is 0 Å². The molecule has 0 saturated heterocycles. The topological polar surface area (TPSA) is 54.6 Å². The Kier molecular flexibility index (Phi) is 3.89. The minimum atomic E-state index is -0.528. The molecule has 110 valence electrons. The maximum absolute atomic E-state index is 13.4. The van der Waals surface area contributed by atoms with Crippen LogP contribution in [0, 0.1) is 5.82 Å². The highest BCUT2D eigenvalue weighted by Gasteiger charge is 2.11. The van der Waals surface area contributed by atoms with Gasteiger partial charge >= 0.3 is 5.91 Å². The predicted octanol–water partition coefficient (Wildman–Crippen LogP) is 3.99. The summed E-state index contributed by atoms with van der Waals surface area (Å²) in [5.74, 6) is -0.846. The van der Waals surface area contributed by atoms with Gasteiger partial charge in [0.05, 0.1) is 6.21 Å². The summed E-state index contributed by atoms with van der Waals surface area (Å²) in [4.78, 5) is 11.9. The van der Waals surface area contributed by atoms with Crippen molar-refractivity contribution >= 4 is 34.7 Å². The molecule has 0 aliphatic carbocycles. The lowest BCUT2D eigenvalue weighted by molar-refractivity contribution is 0.0929. The molecule has 0 spiro atoms. The first-order valence-corrected chi connectivity index (χ1v) is 6.78. The fourth-order valence-electron chi connectivity index (χ4n) is 1.92. The zero-order valence-corrected chi connectivity index (χ0v) is 12.0. The number of carbonyl (C=O) groups is 1. The van der Waals surface area contributed by atoms with Crippen molar-refractivity contribution in [1.29, 1.82) is 0 Å². The fourth-order valence-corrected chi connectivity index (χ4v) is 2.10. The minimum absolute atomic E-state index is 0.1000.